The molecule has 0 spiro atoms. The van der Waals surface area contributed by atoms with Crippen LogP contribution in [0.4, 0.5) is 10.1 Å². The Hall–Kier alpha value is -2.40. The number of carbonyl (C=O) groups excluding carboxylic acids is 2. The Kier molecular flexibility index (Phi) is 4.77. The second kappa shape index (κ2) is 6.84. The molecule has 2 aromatic carbocycles. The molecular weight excluding hydrogens is 343 g/mol. The smallest absolute Gasteiger partial charge is 0.254 e. The van der Waals surface area contributed by atoms with Crippen LogP contribution in [0.5, 0.6) is 0 Å². The summed E-state index contributed by atoms with van der Waals surface area (Å²) in [6.07, 6.45) is 0. The van der Waals surface area contributed by atoms with Crippen molar-refractivity contribution in [1.29, 1.82) is 0 Å². The number of halogens is 2. The van der Waals surface area contributed by atoms with Gasteiger partial charge in [0.1, 0.15) is 11.9 Å². The van der Waals surface area contributed by atoms with Crippen LogP contribution in [-0.2, 0) is 4.79 Å². The number of aryl methyl sites for hydroxylation is 1. The van der Waals surface area contributed by atoms with Crippen molar-refractivity contribution >= 4 is 29.1 Å². The van der Waals surface area contributed by atoms with Crippen LogP contribution in [0.25, 0.3) is 0 Å². The third kappa shape index (κ3) is 3.37. The number of anilines is 1. The Morgan fingerprint density at radius 3 is 2.48 bits per heavy atom. The molecule has 1 saturated heterocycles. The Morgan fingerprint density at radius 2 is 1.84 bits per heavy atom. The Balaban J connectivity index is 1.81. The molecule has 3 rings (SSSR count). The molecule has 0 aromatic heterocycles. The van der Waals surface area contributed by atoms with Crippen molar-refractivity contribution in [2.45, 2.75) is 19.9 Å². The van der Waals surface area contributed by atoms with Gasteiger partial charge in [-0.1, -0.05) is 11.6 Å². The van der Waals surface area contributed by atoms with Crippen LogP contribution in [0.15, 0.2) is 42.5 Å². The number of rotatable bonds is 2. The van der Waals surface area contributed by atoms with Crippen LogP contribution in [0.2, 0.25) is 5.02 Å². The Bertz CT molecular complexity index is 823. The minimum absolute atomic E-state index is 0.146. The number of amides is 2. The Morgan fingerprint density at radius 1 is 1.16 bits per heavy atom. The monoisotopic (exact) mass is 360 g/mol. The molecule has 2 amide bonds. The lowest BCUT2D eigenvalue weighted by Gasteiger charge is -2.39. The van der Waals surface area contributed by atoms with Crippen LogP contribution < -0.4 is 4.90 Å². The molecular formula is C19H18ClFN2O2. The van der Waals surface area contributed by atoms with Crippen molar-refractivity contribution < 1.29 is 14.0 Å². The molecule has 25 heavy (non-hydrogen) atoms. The van der Waals surface area contributed by atoms with E-state index in [2.05, 4.69) is 0 Å². The van der Waals surface area contributed by atoms with E-state index in [0.717, 1.165) is 11.3 Å². The molecule has 0 N–H and O–H groups in total. The fourth-order valence-electron chi connectivity index (χ4n) is 3.07. The molecule has 0 aliphatic carbocycles. The third-order valence-electron chi connectivity index (χ3n) is 4.46. The van der Waals surface area contributed by atoms with Gasteiger partial charge in [0, 0.05) is 29.4 Å². The standard InChI is InChI=1S/C19H18ClFN2O2/c1-12-11-15(20)5-8-17(12)23-10-9-22(13(2)18(23)24)19(25)14-3-6-16(21)7-4-14/h3-8,11,13H,9-10H2,1-2H3. The lowest BCUT2D eigenvalue weighted by atomic mass is 10.1. The second-order valence-electron chi connectivity index (χ2n) is 6.10. The van der Waals surface area contributed by atoms with E-state index in [1.807, 2.05) is 19.1 Å². The van der Waals surface area contributed by atoms with Crippen molar-refractivity contribution in [2.24, 2.45) is 0 Å². The zero-order chi connectivity index (χ0) is 18.1. The molecule has 6 heteroatoms. The van der Waals surface area contributed by atoms with Gasteiger partial charge in [-0.3, -0.25) is 9.59 Å². The molecule has 1 aliphatic heterocycles. The molecule has 1 aliphatic rings. The lowest BCUT2D eigenvalue weighted by molar-refractivity contribution is -0.124. The lowest BCUT2D eigenvalue weighted by Crippen LogP contribution is -2.57. The average Bonchev–Trinajstić information content (AvgIpc) is 2.58. The van der Waals surface area contributed by atoms with Crippen molar-refractivity contribution in [3.05, 3.63) is 64.4 Å². The minimum atomic E-state index is -0.596. The molecule has 0 saturated carbocycles. The van der Waals surface area contributed by atoms with Gasteiger partial charge in [-0.15, -0.1) is 0 Å². The first kappa shape index (κ1) is 17.4. The summed E-state index contributed by atoms with van der Waals surface area (Å²) in [5.74, 6) is -0.816. The molecule has 130 valence electrons. The topological polar surface area (TPSA) is 40.6 Å². The number of nitrogens with zero attached hydrogens (tertiary/aromatic N) is 2. The molecule has 0 radical (unpaired) electrons. The highest BCUT2D eigenvalue weighted by molar-refractivity contribution is 6.30. The zero-order valence-corrected chi connectivity index (χ0v) is 14.8. The molecule has 1 fully saturated rings. The number of hydrogen-bond acceptors (Lipinski definition) is 2. The first-order valence-electron chi connectivity index (χ1n) is 8.02. The van der Waals surface area contributed by atoms with E-state index in [4.69, 9.17) is 11.6 Å². The minimum Gasteiger partial charge on any atom is -0.325 e. The first-order chi connectivity index (χ1) is 11.9. The van der Waals surface area contributed by atoms with Gasteiger partial charge in [-0.2, -0.15) is 0 Å². The van der Waals surface area contributed by atoms with Crippen molar-refractivity contribution in [1.82, 2.24) is 4.90 Å². The third-order valence-corrected chi connectivity index (χ3v) is 4.69. The summed E-state index contributed by atoms with van der Waals surface area (Å²) in [6.45, 7) is 4.42. The van der Waals surface area contributed by atoms with Crippen molar-refractivity contribution in [3.63, 3.8) is 0 Å². The maximum atomic E-state index is 13.0. The number of piperazine rings is 1. The number of carbonyl (C=O) groups is 2. The maximum absolute atomic E-state index is 13.0. The van der Waals surface area contributed by atoms with E-state index >= 15 is 0 Å². The van der Waals surface area contributed by atoms with Gasteiger partial charge in [-0.25, -0.2) is 4.39 Å². The van der Waals surface area contributed by atoms with E-state index in [1.165, 1.54) is 29.2 Å². The summed E-state index contributed by atoms with van der Waals surface area (Å²) < 4.78 is 13.0. The number of hydrogen-bond donors (Lipinski definition) is 0. The normalized spacial score (nSPS) is 17.8. The summed E-state index contributed by atoms with van der Waals surface area (Å²) in [5, 5.41) is 0.617. The van der Waals surface area contributed by atoms with Gasteiger partial charge in [0.2, 0.25) is 5.91 Å². The van der Waals surface area contributed by atoms with E-state index in [9.17, 15) is 14.0 Å². The van der Waals surface area contributed by atoms with Crippen LogP contribution in [0, 0.1) is 12.7 Å². The van der Waals surface area contributed by atoms with Gasteiger partial charge in [0.15, 0.2) is 0 Å². The van der Waals surface area contributed by atoms with E-state index < -0.39 is 11.9 Å². The average molecular weight is 361 g/mol. The van der Waals surface area contributed by atoms with Crippen molar-refractivity contribution in [3.8, 4) is 0 Å². The van der Waals surface area contributed by atoms with Gasteiger partial charge in [0.05, 0.1) is 0 Å². The van der Waals surface area contributed by atoms with Gasteiger partial charge >= 0.3 is 0 Å². The molecule has 4 nitrogen and oxygen atoms in total. The molecule has 1 unspecified atom stereocenters. The summed E-state index contributed by atoms with van der Waals surface area (Å²) in [6, 6.07) is 10.1. The highest BCUT2D eigenvalue weighted by atomic mass is 35.5. The Labute approximate surface area is 150 Å². The summed E-state index contributed by atoms with van der Waals surface area (Å²) in [4.78, 5) is 28.6. The largest absolute Gasteiger partial charge is 0.325 e. The van der Waals surface area contributed by atoms with E-state index in [-0.39, 0.29) is 11.8 Å². The summed E-state index contributed by atoms with van der Waals surface area (Å²) in [7, 11) is 0. The second-order valence-corrected chi connectivity index (χ2v) is 6.54. The fourth-order valence-corrected chi connectivity index (χ4v) is 3.29. The highest BCUT2D eigenvalue weighted by Gasteiger charge is 2.35. The maximum Gasteiger partial charge on any atom is 0.254 e. The SMILES string of the molecule is Cc1cc(Cl)ccc1N1CCN(C(=O)c2ccc(F)cc2)C(C)C1=O. The van der Waals surface area contributed by atoms with E-state index in [0.29, 0.717) is 23.7 Å². The van der Waals surface area contributed by atoms with Crippen LogP contribution in [0.1, 0.15) is 22.8 Å². The zero-order valence-electron chi connectivity index (χ0n) is 14.0. The first-order valence-corrected chi connectivity index (χ1v) is 8.40. The molecule has 1 atom stereocenters. The molecule has 1 heterocycles. The predicted molar refractivity (Wildman–Crippen MR) is 95.4 cm³/mol. The van der Waals surface area contributed by atoms with Crippen LogP contribution in [0.3, 0.4) is 0 Å². The fraction of sp³-hybridized carbons (Fsp3) is 0.263. The van der Waals surface area contributed by atoms with E-state index in [1.54, 1.807) is 17.9 Å². The number of benzene rings is 2. The van der Waals surface area contributed by atoms with Gasteiger partial charge in [-0.05, 0) is 61.9 Å². The highest BCUT2D eigenvalue weighted by Crippen LogP contribution is 2.27. The van der Waals surface area contributed by atoms with Gasteiger partial charge in [0.25, 0.3) is 5.91 Å². The summed E-state index contributed by atoms with van der Waals surface area (Å²) in [5.41, 5.74) is 2.08. The summed E-state index contributed by atoms with van der Waals surface area (Å²) >= 11 is 5.98. The van der Waals surface area contributed by atoms with Crippen molar-refractivity contribution in [2.75, 3.05) is 18.0 Å². The predicted octanol–water partition coefficient (Wildman–Crippen LogP) is 3.67. The molecule has 2 aromatic rings. The molecule has 0 bridgehead atoms. The quantitative estimate of drug-likeness (QED) is 0.820. The van der Waals surface area contributed by atoms with Crippen LogP contribution >= 0.6 is 11.6 Å². The van der Waals surface area contributed by atoms with Crippen LogP contribution in [-0.4, -0.2) is 35.8 Å². The van der Waals surface area contributed by atoms with Gasteiger partial charge < -0.3 is 9.80 Å².